The van der Waals surface area contributed by atoms with Crippen LogP contribution in [0.25, 0.3) is 0 Å². The molecule has 2 bridgehead atoms. The van der Waals surface area contributed by atoms with E-state index in [0.29, 0.717) is 35.8 Å². The smallest absolute Gasteiger partial charge is 0.310 e. The summed E-state index contributed by atoms with van der Waals surface area (Å²) in [7, 11) is 3.78. The van der Waals surface area contributed by atoms with Crippen LogP contribution in [0.5, 0.6) is 0 Å². The van der Waals surface area contributed by atoms with Crippen LogP contribution < -0.4 is 0 Å². The molecule has 4 aliphatic rings. The van der Waals surface area contributed by atoms with Gasteiger partial charge in [-0.1, -0.05) is 31.1 Å². The van der Waals surface area contributed by atoms with E-state index < -0.39 is 0 Å². The van der Waals surface area contributed by atoms with Crippen molar-refractivity contribution in [3.05, 3.63) is 0 Å². The summed E-state index contributed by atoms with van der Waals surface area (Å²) in [5, 5.41) is 0. The van der Waals surface area contributed by atoms with Gasteiger partial charge in [-0.25, -0.2) is 0 Å². The Kier molecular flexibility index (Phi) is 6.12. The first-order valence-electron chi connectivity index (χ1n) is 11.5. The molecule has 3 heteroatoms. The summed E-state index contributed by atoms with van der Waals surface area (Å²) >= 11 is 0. The first-order chi connectivity index (χ1) is 13.2. The lowest BCUT2D eigenvalue weighted by Crippen LogP contribution is -2.52. The molecule has 150 valence electrons. The average Bonchev–Trinajstić information content (AvgIpc) is 2.95. The van der Waals surface area contributed by atoms with Crippen LogP contribution in [0, 0.1) is 41.4 Å². The van der Waals surface area contributed by atoms with Gasteiger partial charge in [0.25, 0.3) is 0 Å². The molecule has 4 atom stereocenters. The lowest BCUT2D eigenvalue weighted by Gasteiger charge is -2.46. The van der Waals surface area contributed by atoms with E-state index in [4.69, 9.17) is 4.74 Å². The molecule has 3 nitrogen and oxygen atoms in total. The fourth-order valence-corrected chi connectivity index (χ4v) is 6.63. The first-order valence-corrected chi connectivity index (χ1v) is 11.5. The van der Waals surface area contributed by atoms with Gasteiger partial charge in [0.05, 0.1) is 13.0 Å². The molecule has 2 aliphatic heterocycles. The third-order valence-corrected chi connectivity index (χ3v) is 8.26. The van der Waals surface area contributed by atoms with E-state index in [0.717, 1.165) is 0 Å². The van der Waals surface area contributed by atoms with Crippen LogP contribution in [0.4, 0.5) is 0 Å². The molecule has 0 N–H and O–H groups in total. The summed E-state index contributed by atoms with van der Waals surface area (Å²) < 4.78 is 5.25. The zero-order chi connectivity index (χ0) is 18.8. The molecule has 2 unspecified atom stereocenters. The lowest BCUT2D eigenvalue weighted by molar-refractivity contribution is -0.154. The van der Waals surface area contributed by atoms with Gasteiger partial charge in [0.2, 0.25) is 0 Å². The van der Waals surface area contributed by atoms with Crippen molar-refractivity contribution in [2.45, 2.75) is 89.1 Å². The Hall–Kier alpha value is -1.01. The van der Waals surface area contributed by atoms with Gasteiger partial charge in [-0.15, -0.1) is 0 Å². The van der Waals surface area contributed by atoms with E-state index in [1.807, 2.05) is 0 Å². The predicted molar refractivity (Wildman–Crippen MR) is 108 cm³/mol. The quantitative estimate of drug-likeness (QED) is 0.523. The average molecular weight is 372 g/mol. The molecule has 2 aliphatic carbocycles. The summed E-state index contributed by atoms with van der Waals surface area (Å²) in [4.78, 5) is 15.1. The molecular formula is C24H37NO2. The Morgan fingerprint density at radius 1 is 0.889 bits per heavy atom. The van der Waals surface area contributed by atoms with Crippen molar-refractivity contribution >= 4 is 5.97 Å². The van der Waals surface area contributed by atoms with Crippen molar-refractivity contribution in [1.82, 2.24) is 4.90 Å². The molecular weight excluding hydrogens is 334 g/mol. The van der Waals surface area contributed by atoms with Gasteiger partial charge in [0.1, 0.15) is 0 Å². The van der Waals surface area contributed by atoms with Crippen LogP contribution in [-0.4, -0.2) is 37.1 Å². The number of rotatable bonds is 2. The van der Waals surface area contributed by atoms with Gasteiger partial charge >= 0.3 is 5.97 Å². The van der Waals surface area contributed by atoms with Crippen molar-refractivity contribution in [2.24, 2.45) is 29.6 Å². The van der Waals surface area contributed by atoms with E-state index in [2.05, 4.69) is 23.8 Å². The van der Waals surface area contributed by atoms with E-state index in [1.54, 1.807) is 7.11 Å². The van der Waals surface area contributed by atoms with Crippen LogP contribution >= 0.6 is 0 Å². The lowest BCUT2D eigenvalue weighted by atomic mass is 9.67. The number of piperidine rings is 1. The minimum atomic E-state index is 0.0383. The summed E-state index contributed by atoms with van der Waals surface area (Å²) in [6.07, 6.45) is 15.4. The maximum absolute atomic E-state index is 12.6. The summed E-state index contributed by atoms with van der Waals surface area (Å²) in [6, 6.07) is 1.09. The molecule has 2 heterocycles. The van der Waals surface area contributed by atoms with Crippen LogP contribution in [0.3, 0.4) is 0 Å². The van der Waals surface area contributed by atoms with Gasteiger partial charge in [0.15, 0.2) is 0 Å². The molecule has 4 rings (SSSR count). The largest absolute Gasteiger partial charge is 0.469 e. The first kappa shape index (κ1) is 19.3. The Labute approximate surface area is 165 Å². The third kappa shape index (κ3) is 4.07. The Balaban J connectivity index is 1.37. The van der Waals surface area contributed by atoms with Crippen molar-refractivity contribution in [2.75, 3.05) is 14.2 Å². The highest BCUT2D eigenvalue weighted by Crippen LogP contribution is 2.48. The normalized spacial score (nSPS) is 40.2. The van der Waals surface area contributed by atoms with Crippen molar-refractivity contribution in [1.29, 1.82) is 0 Å². The van der Waals surface area contributed by atoms with Crippen molar-refractivity contribution < 1.29 is 9.53 Å². The fourth-order valence-electron chi connectivity index (χ4n) is 6.63. The molecule has 0 amide bonds. The highest BCUT2D eigenvalue weighted by molar-refractivity contribution is 5.74. The maximum Gasteiger partial charge on any atom is 0.310 e. The molecule has 0 spiro atoms. The Morgan fingerprint density at radius 2 is 1.56 bits per heavy atom. The van der Waals surface area contributed by atoms with Gasteiger partial charge < -0.3 is 4.74 Å². The monoisotopic (exact) mass is 371 g/mol. The van der Waals surface area contributed by atoms with Gasteiger partial charge in [-0.2, -0.15) is 0 Å². The molecule has 0 radical (unpaired) electrons. The van der Waals surface area contributed by atoms with E-state index in [-0.39, 0.29) is 11.9 Å². The number of carbonyl (C=O) groups is 1. The number of esters is 1. The van der Waals surface area contributed by atoms with Crippen LogP contribution in [0.2, 0.25) is 0 Å². The SMILES string of the molecule is COC(=O)C1C2CC[C@H](C[C@@H]1C1CCC(C#CC3CCCCC3)CC1)N2C. The summed E-state index contributed by atoms with van der Waals surface area (Å²) in [5.74, 6) is 9.89. The zero-order valence-corrected chi connectivity index (χ0v) is 17.3. The van der Waals surface area contributed by atoms with Crippen molar-refractivity contribution in [3.63, 3.8) is 0 Å². The molecule has 0 aromatic carbocycles. The second kappa shape index (κ2) is 8.56. The minimum Gasteiger partial charge on any atom is -0.469 e. The number of hydrogen-bond acceptors (Lipinski definition) is 3. The third-order valence-electron chi connectivity index (χ3n) is 8.26. The van der Waals surface area contributed by atoms with Gasteiger partial charge in [-0.3, -0.25) is 9.69 Å². The second-order valence-electron chi connectivity index (χ2n) is 9.65. The molecule has 0 aromatic heterocycles. The Bertz CT molecular complexity index is 577. The number of methoxy groups -OCH3 is 1. The van der Waals surface area contributed by atoms with Crippen LogP contribution in [0.15, 0.2) is 0 Å². The number of fused-ring (bicyclic) bond motifs is 2. The maximum atomic E-state index is 12.6. The molecule has 4 fully saturated rings. The van der Waals surface area contributed by atoms with Gasteiger partial charge in [0, 0.05) is 23.9 Å². The van der Waals surface area contributed by atoms with E-state index in [9.17, 15) is 4.79 Å². The van der Waals surface area contributed by atoms with Crippen LogP contribution in [-0.2, 0) is 9.53 Å². The minimum absolute atomic E-state index is 0.0383. The highest BCUT2D eigenvalue weighted by atomic mass is 16.5. The number of nitrogens with zero attached hydrogens (tertiary/aromatic N) is 1. The highest BCUT2D eigenvalue weighted by Gasteiger charge is 2.51. The topological polar surface area (TPSA) is 29.5 Å². The molecule has 2 saturated carbocycles. The Morgan fingerprint density at radius 3 is 2.22 bits per heavy atom. The molecule has 27 heavy (non-hydrogen) atoms. The standard InChI is InChI=1S/C24H37NO2/c1-25-20-14-15-22(25)23(24(26)27-2)21(16-20)19-12-10-18(11-13-19)9-8-17-6-4-3-5-7-17/h17-23H,3-7,10-16H2,1-2H3/t18?,19?,20-,21-,22?,23?/m1/s1. The molecule has 0 aromatic rings. The number of carbonyl (C=O) groups excluding carboxylic acids is 1. The number of hydrogen-bond donors (Lipinski definition) is 0. The van der Waals surface area contributed by atoms with E-state index >= 15 is 0 Å². The second-order valence-corrected chi connectivity index (χ2v) is 9.65. The number of ether oxygens (including phenoxy) is 1. The van der Waals surface area contributed by atoms with E-state index in [1.165, 1.54) is 77.0 Å². The zero-order valence-electron chi connectivity index (χ0n) is 17.3. The fraction of sp³-hybridized carbons (Fsp3) is 0.875. The van der Waals surface area contributed by atoms with Crippen LogP contribution in [0.1, 0.15) is 77.0 Å². The van der Waals surface area contributed by atoms with Crippen molar-refractivity contribution in [3.8, 4) is 11.8 Å². The summed E-state index contributed by atoms with van der Waals surface area (Å²) in [5.41, 5.74) is 0. The molecule has 2 saturated heterocycles. The van der Waals surface area contributed by atoms with Gasteiger partial charge in [-0.05, 0) is 76.7 Å². The predicted octanol–water partition coefficient (Wildman–Crippen LogP) is 4.65. The summed E-state index contributed by atoms with van der Waals surface area (Å²) in [6.45, 7) is 0.